The molecule has 6 heteroatoms. The molecule has 32 heavy (non-hydrogen) atoms. The number of nitrogens with two attached hydrogens (primary N) is 1. The van der Waals surface area contributed by atoms with E-state index in [0.29, 0.717) is 17.0 Å². The van der Waals surface area contributed by atoms with Crippen molar-refractivity contribution in [2.24, 2.45) is 18.7 Å². The fraction of sp³-hybridized carbons (Fsp3) is 0.462. The molecule has 0 saturated carbocycles. The standard InChI is InChI=1S/C26H36N4O2/c1-7-8-14-21-24(22(25(27)31)19(5)29(21)16-15-17(2)3)23-18(4)28(6)30(26(23)32)20-12-10-9-11-13-20/h9-13,17H,7-8,14-16H2,1-6H3,(H2,27,31). The summed E-state index contributed by atoms with van der Waals surface area (Å²) >= 11 is 0. The van der Waals surface area contributed by atoms with E-state index >= 15 is 0 Å². The molecule has 2 aromatic heterocycles. The zero-order valence-electron chi connectivity index (χ0n) is 20.2. The first-order chi connectivity index (χ1) is 15.2. The van der Waals surface area contributed by atoms with Gasteiger partial charge in [0, 0.05) is 36.2 Å². The lowest BCUT2D eigenvalue weighted by Gasteiger charge is -2.14. The van der Waals surface area contributed by atoms with Crippen LogP contribution in [0.1, 0.15) is 67.5 Å². The molecule has 3 aromatic rings. The van der Waals surface area contributed by atoms with E-state index in [0.717, 1.165) is 60.6 Å². The molecular weight excluding hydrogens is 400 g/mol. The third kappa shape index (κ3) is 4.18. The minimum absolute atomic E-state index is 0.127. The number of aromatic nitrogens is 3. The lowest BCUT2D eigenvalue weighted by atomic mass is 9.98. The lowest BCUT2D eigenvalue weighted by molar-refractivity contribution is 0.1000. The molecule has 1 aromatic carbocycles. The molecule has 0 radical (unpaired) electrons. The van der Waals surface area contributed by atoms with Crippen molar-refractivity contribution in [1.29, 1.82) is 0 Å². The van der Waals surface area contributed by atoms with Crippen LogP contribution in [-0.2, 0) is 20.0 Å². The number of benzene rings is 1. The molecule has 0 unspecified atom stereocenters. The van der Waals surface area contributed by atoms with Gasteiger partial charge in [0.05, 0.1) is 16.8 Å². The van der Waals surface area contributed by atoms with Crippen LogP contribution in [0.25, 0.3) is 16.8 Å². The Hall–Kier alpha value is -3.02. The smallest absolute Gasteiger partial charge is 0.279 e. The first-order valence-corrected chi connectivity index (χ1v) is 11.6. The number of nitrogens with zero attached hydrogens (tertiary/aromatic N) is 3. The molecule has 0 aliphatic carbocycles. The van der Waals surface area contributed by atoms with Crippen molar-refractivity contribution in [3.63, 3.8) is 0 Å². The van der Waals surface area contributed by atoms with Gasteiger partial charge in [0.1, 0.15) is 0 Å². The van der Waals surface area contributed by atoms with Crippen LogP contribution in [0.3, 0.4) is 0 Å². The molecule has 0 bridgehead atoms. The quantitative estimate of drug-likeness (QED) is 0.526. The Kier molecular flexibility index (Phi) is 7.12. The van der Waals surface area contributed by atoms with Crippen LogP contribution in [0, 0.1) is 19.8 Å². The second-order valence-corrected chi connectivity index (χ2v) is 9.02. The van der Waals surface area contributed by atoms with Crippen LogP contribution < -0.4 is 11.3 Å². The Labute approximate surface area is 190 Å². The predicted molar refractivity (Wildman–Crippen MR) is 130 cm³/mol. The van der Waals surface area contributed by atoms with Gasteiger partial charge in [0.25, 0.3) is 11.5 Å². The molecule has 2 N–H and O–H groups in total. The molecule has 2 heterocycles. The van der Waals surface area contributed by atoms with E-state index in [1.807, 2.05) is 55.9 Å². The summed E-state index contributed by atoms with van der Waals surface area (Å²) in [4.78, 5) is 26.5. The lowest BCUT2D eigenvalue weighted by Crippen LogP contribution is -2.21. The Morgan fingerprint density at radius 3 is 2.28 bits per heavy atom. The van der Waals surface area contributed by atoms with E-state index in [9.17, 15) is 9.59 Å². The van der Waals surface area contributed by atoms with Crippen molar-refractivity contribution in [2.45, 2.75) is 66.8 Å². The van der Waals surface area contributed by atoms with Crippen molar-refractivity contribution >= 4 is 5.91 Å². The zero-order valence-corrected chi connectivity index (χ0v) is 20.2. The summed E-state index contributed by atoms with van der Waals surface area (Å²) in [6, 6.07) is 9.58. The number of carbonyl (C=O) groups excluding carboxylic acids is 1. The van der Waals surface area contributed by atoms with Crippen LogP contribution in [0.2, 0.25) is 0 Å². The van der Waals surface area contributed by atoms with Gasteiger partial charge in [-0.3, -0.25) is 14.3 Å². The average molecular weight is 437 g/mol. The van der Waals surface area contributed by atoms with E-state index in [-0.39, 0.29) is 5.56 Å². The third-order valence-electron chi connectivity index (χ3n) is 6.38. The van der Waals surface area contributed by atoms with Gasteiger partial charge >= 0.3 is 0 Å². The Morgan fingerprint density at radius 2 is 1.72 bits per heavy atom. The van der Waals surface area contributed by atoms with Gasteiger partial charge in [-0.05, 0) is 51.2 Å². The van der Waals surface area contributed by atoms with Crippen molar-refractivity contribution in [3.8, 4) is 16.8 Å². The van der Waals surface area contributed by atoms with E-state index < -0.39 is 5.91 Å². The summed E-state index contributed by atoms with van der Waals surface area (Å²) in [7, 11) is 1.88. The highest BCUT2D eigenvalue weighted by Gasteiger charge is 2.29. The molecule has 1 amide bonds. The molecule has 3 rings (SSSR count). The van der Waals surface area contributed by atoms with E-state index in [4.69, 9.17) is 5.73 Å². The maximum Gasteiger partial charge on any atom is 0.279 e. The highest BCUT2D eigenvalue weighted by molar-refractivity contribution is 6.02. The molecule has 0 spiro atoms. The molecule has 0 fully saturated rings. The molecule has 0 atom stereocenters. The molecule has 0 aliphatic heterocycles. The molecule has 0 saturated heterocycles. The number of hydrogen-bond acceptors (Lipinski definition) is 2. The van der Waals surface area contributed by atoms with Crippen molar-refractivity contribution in [3.05, 3.63) is 63.3 Å². The van der Waals surface area contributed by atoms with Gasteiger partial charge in [-0.25, -0.2) is 4.68 Å². The van der Waals surface area contributed by atoms with E-state index in [2.05, 4.69) is 25.3 Å². The number of primary amides is 1. The summed E-state index contributed by atoms with van der Waals surface area (Å²) in [5.74, 6) is 0.0533. The number of para-hydroxylation sites is 1. The van der Waals surface area contributed by atoms with Gasteiger partial charge in [0.15, 0.2) is 0 Å². The minimum Gasteiger partial charge on any atom is -0.366 e. The monoisotopic (exact) mass is 436 g/mol. The number of carbonyl (C=O) groups is 1. The predicted octanol–water partition coefficient (Wildman–Crippen LogP) is 4.75. The zero-order chi connectivity index (χ0) is 23.6. The van der Waals surface area contributed by atoms with E-state index in [1.165, 1.54) is 0 Å². The topological polar surface area (TPSA) is 75.0 Å². The summed E-state index contributed by atoms with van der Waals surface area (Å²) in [6.07, 6.45) is 3.81. The van der Waals surface area contributed by atoms with Crippen LogP contribution >= 0.6 is 0 Å². The number of amides is 1. The highest BCUT2D eigenvalue weighted by atomic mass is 16.1. The summed E-state index contributed by atoms with van der Waals surface area (Å²) in [6.45, 7) is 11.2. The Bertz CT molecular complexity index is 1160. The highest BCUT2D eigenvalue weighted by Crippen LogP contribution is 2.35. The second-order valence-electron chi connectivity index (χ2n) is 9.02. The van der Waals surface area contributed by atoms with Crippen LogP contribution in [0.15, 0.2) is 35.1 Å². The Balaban J connectivity index is 2.35. The van der Waals surface area contributed by atoms with Crippen LogP contribution in [0.4, 0.5) is 0 Å². The average Bonchev–Trinajstić information content (AvgIpc) is 3.14. The maximum absolute atomic E-state index is 13.8. The van der Waals surface area contributed by atoms with Gasteiger partial charge in [-0.1, -0.05) is 45.4 Å². The Morgan fingerprint density at radius 1 is 1.06 bits per heavy atom. The fourth-order valence-corrected chi connectivity index (χ4v) is 4.52. The normalized spacial score (nSPS) is 11.5. The van der Waals surface area contributed by atoms with Gasteiger partial charge < -0.3 is 10.3 Å². The number of hydrogen-bond donors (Lipinski definition) is 1. The van der Waals surface area contributed by atoms with Crippen molar-refractivity contribution in [1.82, 2.24) is 13.9 Å². The van der Waals surface area contributed by atoms with Crippen LogP contribution in [0.5, 0.6) is 0 Å². The third-order valence-corrected chi connectivity index (χ3v) is 6.38. The summed E-state index contributed by atoms with van der Waals surface area (Å²) in [5.41, 5.74) is 11.1. The van der Waals surface area contributed by atoms with Crippen LogP contribution in [-0.4, -0.2) is 19.8 Å². The fourth-order valence-electron chi connectivity index (χ4n) is 4.52. The SMILES string of the molecule is CCCCc1c(-c2c(C)n(C)n(-c3ccccc3)c2=O)c(C(N)=O)c(C)n1CCC(C)C. The molecule has 6 nitrogen and oxygen atoms in total. The maximum atomic E-state index is 13.8. The van der Waals surface area contributed by atoms with Gasteiger partial charge in [-0.15, -0.1) is 0 Å². The van der Waals surface area contributed by atoms with E-state index in [1.54, 1.807) is 4.68 Å². The van der Waals surface area contributed by atoms with Crippen molar-refractivity contribution in [2.75, 3.05) is 0 Å². The van der Waals surface area contributed by atoms with Gasteiger partial charge in [0.2, 0.25) is 0 Å². The van der Waals surface area contributed by atoms with Gasteiger partial charge in [-0.2, -0.15) is 0 Å². The first kappa shape index (κ1) is 23.6. The number of rotatable bonds is 9. The minimum atomic E-state index is -0.479. The largest absolute Gasteiger partial charge is 0.366 e. The van der Waals surface area contributed by atoms with Crippen molar-refractivity contribution < 1.29 is 4.79 Å². The molecule has 172 valence electrons. The number of unbranched alkanes of at least 4 members (excludes halogenated alkanes) is 1. The second kappa shape index (κ2) is 9.63. The molecular formula is C26H36N4O2. The summed E-state index contributed by atoms with van der Waals surface area (Å²) in [5, 5.41) is 0. The summed E-state index contributed by atoms with van der Waals surface area (Å²) < 4.78 is 5.76. The first-order valence-electron chi connectivity index (χ1n) is 11.6. The molecule has 0 aliphatic rings.